The predicted octanol–water partition coefficient (Wildman–Crippen LogP) is 11.0. The Balaban J connectivity index is 0.000000557. The van der Waals surface area contributed by atoms with Crippen molar-refractivity contribution in [1.29, 1.82) is 0 Å². The minimum absolute atomic E-state index is 0. The van der Waals surface area contributed by atoms with Crippen LogP contribution in [0.3, 0.4) is 0 Å². The minimum atomic E-state index is -0.427. The van der Waals surface area contributed by atoms with Gasteiger partial charge in [0.2, 0.25) is 0 Å². The van der Waals surface area contributed by atoms with Crippen LogP contribution in [-0.2, 0) is 16.1 Å². The molecular formula is C64H83BrCs2N3O9P. The van der Waals surface area contributed by atoms with E-state index in [9.17, 15) is 20.2 Å². The van der Waals surface area contributed by atoms with Gasteiger partial charge in [-0.1, -0.05) is 199 Å². The molecule has 422 valence electrons. The third-order valence-corrected chi connectivity index (χ3v) is 18.6. The summed E-state index contributed by atoms with van der Waals surface area (Å²) >= 11 is 3.06. The van der Waals surface area contributed by atoms with Crippen LogP contribution in [-0.4, -0.2) is 41.9 Å². The van der Waals surface area contributed by atoms with Crippen molar-refractivity contribution in [3.8, 4) is 22.6 Å². The minimum Gasteiger partial charge on any atom is -1.00 e. The summed E-state index contributed by atoms with van der Waals surface area (Å²) in [5.74, 6) is 3.66. The zero-order chi connectivity index (χ0) is 57.3. The third-order valence-electron chi connectivity index (χ3n) is 14.4. The zero-order valence-electron chi connectivity index (χ0n) is 50.4. The Kier molecular flexibility index (Phi) is 36.6. The van der Waals surface area contributed by atoms with Crippen LogP contribution >= 0.6 is 23.9 Å². The maximum Gasteiger partial charge on any atom is 1.00 e. The first kappa shape index (κ1) is 74.1. The Morgan fingerprint density at radius 3 is 1.38 bits per heavy atom. The first-order valence-corrected chi connectivity index (χ1v) is 29.6. The SMILES string of the molecule is CC(C)c1cccc(C(C)C)c1Cc1ccccc1[N+](=O)[O-].CC(C)c1cccc(C(C)C)c1N.COc1cccc(OC)c1-c1ccccc1P(C1CCCCC1)C1CCCCC1.O=CO[O-].O=[N+]([O-])c1ccccc1Br.[Cs+].[Cs+].[H-]. The number of hydrogen-bond donors (Lipinski definition) is 1. The third kappa shape index (κ3) is 22.4. The molecule has 12 nitrogen and oxygen atoms in total. The molecule has 0 bridgehead atoms. The Labute approximate surface area is 605 Å². The summed E-state index contributed by atoms with van der Waals surface area (Å²) in [5, 5.41) is 31.5. The van der Waals surface area contributed by atoms with Gasteiger partial charge < -0.3 is 26.8 Å². The van der Waals surface area contributed by atoms with Crippen molar-refractivity contribution in [2.45, 2.75) is 161 Å². The van der Waals surface area contributed by atoms with Gasteiger partial charge >= 0.3 is 138 Å². The Bertz CT molecular complexity index is 2740. The number of nitrogens with zero attached hydrogens (tertiary/aromatic N) is 2. The number of nitrogen functional groups attached to an aromatic ring is 1. The summed E-state index contributed by atoms with van der Waals surface area (Å²) in [6.07, 6.45) is 14.8. The first-order chi connectivity index (χ1) is 37.4. The van der Waals surface area contributed by atoms with E-state index in [0.717, 1.165) is 39.6 Å². The Hall–Kier alpha value is -2.04. The van der Waals surface area contributed by atoms with Gasteiger partial charge in [-0.05, 0) is 133 Å². The quantitative estimate of drug-likeness (QED) is 0.0260. The van der Waals surface area contributed by atoms with Crippen LogP contribution in [0.5, 0.6) is 11.5 Å². The Morgan fingerprint density at radius 2 is 0.975 bits per heavy atom. The van der Waals surface area contributed by atoms with E-state index >= 15 is 0 Å². The summed E-state index contributed by atoms with van der Waals surface area (Å²) in [7, 11) is 3.36. The molecule has 0 saturated heterocycles. The van der Waals surface area contributed by atoms with Gasteiger partial charge in [0.1, 0.15) is 11.5 Å². The van der Waals surface area contributed by atoms with Crippen LogP contribution in [0.1, 0.15) is 178 Å². The number of methoxy groups -OCH3 is 2. The summed E-state index contributed by atoms with van der Waals surface area (Å²) < 4.78 is 12.1. The average molecular weight is 1420 g/mol. The number of halogens is 1. The molecule has 0 atom stereocenters. The molecule has 2 fully saturated rings. The van der Waals surface area contributed by atoms with Crippen molar-refractivity contribution < 1.29 is 173 Å². The number of para-hydroxylation sites is 3. The molecule has 0 aromatic heterocycles. The number of nitro groups is 2. The standard InChI is InChI=1S/C26H35O2P.C19H23NO2.C12H19N.C6H4BrNO2.CH2O3.2Cs.H/c1-27-23-17-11-18-24(28-2)26(23)22-16-9-10-19-25(22)29(20-12-5-3-6-13-20)21-14-7-4-8-15-21;1-13(2)16-9-7-10-17(14(3)4)18(16)12-15-8-5-6-11-19(15)20(21)22;1-8(2)10-6-5-7-11(9(3)4)12(10)13;7-5-3-1-2-4-6(5)8(9)10;2-1-4-3;;;/h9-11,16-21H,3-8,12-15H2,1-2H3;5-11,13-14H,12H2,1-4H3;5-9H,13H2,1-4H3;1-4H;1,3H;;;/q;;;;;2*+1;-1/p-1. The molecule has 0 amide bonds. The second-order valence-electron chi connectivity index (χ2n) is 20.9. The zero-order valence-corrected chi connectivity index (χ0v) is 64.5. The topological polar surface area (TPSA) is 180 Å². The number of hydrogen-bond acceptors (Lipinski definition) is 10. The van der Waals surface area contributed by atoms with E-state index in [1.807, 2.05) is 18.2 Å². The number of carbonyl (C=O) groups excluding carboxylic acids is 1. The van der Waals surface area contributed by atoms with Crippen molar-refractivity contribution in [2.75, 3.05) is 20.0 Å². The van der Waals surface area contributed by atoms with Crippen molar-refractivity contribution >= 4 is 52.7 Å². The number of nitro benzene ring substituents is 2. The van der Waals surface area contributed by atoms with E-state index in [4.69, 9.17) is 25.3 Å². The van der Waals surface area contributed by atoms with E-state index in [2.05, 4.69) is 149 Å². The van der Waals surface area contributed by atoms with Crippen LogP contribution < -0.4 is 164 Å². The molecule has 6 aromatic rings. The Morgan fingerprint density at radius 1 is 0.588 bits per heavy atom. The molecule has 0 heterocycles. The van der Waals surface area contributed by atoms with Gasteiger partial charge in [-0.25, -0.2) is 0 Å². The molecule has 2 aliphatic rings. The van der Waals surface area contributed by atoms with Gasteiger partial charge in [-0.2, -0.15) is 0 Å². The second kappa shape index (κ2) is 39.6. The van der Waals surface area contributed by atoms with Crippen LogP contribution in [0.2, 0.25) is 0 Å². The fourth-order valence-corrected chi connectivity index (χ4v) is 15.0. The summed E-state index contributed by atoms with van der Waals surface area (Å²) in [6.45, 7) is 17.2. The van der Waals surface area contributed by atoms with Crippen LogP contribution in [0.4, 0.5) is 17.1 Å². The molecule has 80 heavy (non-hydrogen) atoms. The molecule has 2 N–H and O–H groups in total. The summed E-state index contributed by atoms with van der Waals surface area (Å²) in [5.41, 5.74) is 18.7. The molecule has 0 spiro atoms. The van der Waals surface area contributed by atoms with Crippen molar-refractivity contribution in [1.82, 2.24) is 0 Å². The molecule has 0 radical (unpaired) electrons. The normalized spacial score (nSPS) is 13.1. The molecule has 6 aromatic carbocycles. The molecule has 2 saturated carbocycles. The van der Waals surface area contributed by atoms with Gasteiger partial charge in [0.05, 0.1) is 34.1 Å². The predicted molar refractivity (Wildman–Crippen MR) is 324 cm³/mol. The molecule has 8 rings (SSSR count). The van der Waals surface area contributed by atoms with Crippen molar-refractivity contribution in [2.24, 2.45) is 0 Å². The molecule has 16 heteroatoms. The molecule has 0 aliphatic heterocycles. The largest absolute Gasteiger partial charge is 1.00 e. The number of nitrogens with two attached hydrogens (primary N) is 1. The fourth-order valence-electron chi connectivity index (χ4n) is 10.6. The number of carbonyl (C=O) groups is 1. The van der Waals surface area contributed by atoms with Gasteiger partial charge in [0.25, 0.3) is 17.8 Å². The van der Waals surface area contributed by atoms with E-state index < -0.39 is 4.92 Å². The molecule has 0 unspecified atom stereocenters. The van der Waals surface area contributed by atoms with Crippen LogP contribution in [0.15, 0.2) is 132 Å². The van der Waals surface area contributed by atoms with Crippen LogP contribution in [0, 0.1) is 20.2 Å². The maximum atomic E-state index is 11.3. The number of ether oxygens (including phenoxy) is 2. The maximum absolute atomic E-state index is 11.3. The van der Waals surface area contributed by atoms with Crippen molar-refractivity contribution in [3.05, 3.63) is 185 Å². The smallest absolute Gasteiger partial charge is 1.00 e. The van der Waals surface area contributed by atoms with Crippen LogP contribution in [0.25, 0.3) is 11.1 Å². The van der Waals surface area contributed by atoms with E-state index in [-0.39, 0.29) is 170 Å². The summed E-state index contributed by atoms with van der Waals surface area (Å²) in [6, 6.07) is 41.5. The van der Waals surface area contributed by atoms with Gasteiger partial charge in [0, 0.05) is 29.8 Å². The number of benzene rings is 6. The average Bonchev–Trinajstić information content (AvgIpc) is 3.46. The second-order valence-corrected chi connectivity index (χ2v) is 24.5. The molecule has 2 aliphatic carbocycles. The number of anilines is 1. The van der Waals surface area contributed by atoms with E-state index in [0.29, 0.717) is 34.6 Å². The van der Waals surface area contributed by atoms with Gasteiger partial charge in [0.15, 0.2) is 0 Å². The molecular weight excluding hydrogens is 1330 g/mol. The van der Waals surface area contributed by atoms with Gasteiger partial charge in [-0.15, -0.1) is 0 Å². The monoisotopic (exact) mass is 1410 g/mol. The van der Waals surface area contributed by atoms with Crippen molar-refractivity contribution in [3.63, 3.8) is 0 Å². The number of rotatable bonds is 15. The van der Waals surface area contributed by atoms with E-state index in [1.165, 1.54) is 104 Å². The first-order valence-electron chi connectivity index (χ1n) is 27.3. The van der Waals surface area contributed by atoms with E-state index in [1.54, 1.807) is 49.9 Å². The summed E-state index contributed by atoms with van der Waals surface area (Å²) in [4.78, 5) is 32.0. The van der Waals surface area contributed by atoms with Gasteiger partial charge in [-0.3, -0.25) is 25.0 Å². The fraction of sp³-hybridized carbons (Fsp3) is 0.422.